The minimum Gasteiger partial charge on any atom is -0.225 e. The van der Waals surface area contributed by atoms with Gasteiger partial charge in [-0.1, -0.05) is 6.07 Å². The number of hydrogen-bond acceptors (Lipinski definition) is 1. The molecule has 1 aromatic rings. The maximum absolute atomic E-state index is 12.2. The minimum absolute atomic E-state index is 0.405. The summed E-state index contributed by atoms with van der Waals surface area (Å²) >= 11 is 0. The first-order valence-corrected chi connectivity index (χ1v) is 2.80. The van der Waals surface area contributed by atoms with Crippen LogP contribution in [-0.2, 0) is 0 Å². The Morgan fingerprint density at radius 2 is 2.00 bits per heavy atom. The first-order valence-electron chi connectivity index (χ1n) is 2.80. The van der Waals surface area contributed by atoms with Crippen LogP contribution in [0.2, 0.25) is 0 Å². The maximum atomic E-state index is 12.2. The predicted octanol–water partition coefficient (Wildman–Crippen LogP) is 1.84. The second-order valence-corrected chi connectivity index (χ2v) is 2.04. The van der Waals surface area contributed by atoms with Crippen molar-refractivity contribution < 1.29 is 4.39 Å². The second kappa shape index (κ2) is 2.13. The van der Waals surface area contributed by atoms with Gasteiger partial charge in [-0.15, -0.1) is 0 Å². The topological polar surface area (TPSA) is 12.9 Å². The highest BCUT2D eigenvalue weighted by Gasteiger charge is 1.93. The Kier molecular flexibility index (Phi) is 1.47. The van der Waals surface area contributed by atoms with E-state index in [0.29, 0.717) is 0 Å². The Hall–Kier alpha value is -0.920. The van der Waals surface area contributed by atoms with E-state index in [9.17, 15) is 4.39 Å². The van der Waals surface area contributed by atoms with Crippen molar-refractivity contribution in [1.82, 2.24) is 4.98 Å². The summed E-state index contributed by atoms with van der Waals surface area (Å²) in [6.07, 6.45) is 0. The molecule has 1 heterocycles. The molecule has 1 aromatic heterocycles. The van der Waals surface area contributed by atoms with Gasteiger partial charge in [0.2, 0.25) is 5.95 Å². The van der Waals surface area contributed by atoms with Crippen LogP contribution in [-0.4, -0.2) is 4.98 Å². The number of aromatic nitrogens is 1. The fourth-order valence-corrected chi connectivity index (χ4v) is 0.600. The highest BCUT2D eigenvalue weighted by Crippen LogP contribution is 2.02. The van der Waals surface area contributed by atoms with Gasteiger partial charge in [-0.25, -0.2) is 4.98 Å². The molecule has 0 bridgehead atoms. The summed E-state index contributed by atoms with van der Waals surface area (Å²) in [5, 5.41) is 0. The van der Waals surface area contributed by atoms with Gasteiger partial charge in [0, 0.05) is 5.69 Å². The van der Waals surface area contributed by atoms with Gasteiger partial charge in [0.15, 0.2) is 0 Å². The molecule has 0 atom stereocenters. The summed E-state index contributed by atoms with van der Waals surface area (Å²) in [6.45, 7) is 3.69. The molecule has 0 N–H and O–H groups in total. The summed E-state index contributed by atoms with van der Waals surface area (Å²) in [5.74, 6) is -0.405. The van der Waals surface area contributed by atoms with Crippen LogP contribution in [0.3, 0.4) is 0 Å². The Bertz CT molecular complexity index is 220. The van der Waals surface area contributed by atoms with Gasteiger partial charge in [0.1, 0.15) is 0 Å². The summed E-state index contributed by atoms with van der Waals surface area (Å²) in [4.78, 5) is 3.61. The second-order valence-electron chi connectivity index (χ2n) is 2.04. The molecule has 0 fully saturated rings. The number of aryl methyl sites for hydroxylation is 2. The quantitative estimate of drug-likeness (QED) is 0.482. The van der Waals surface area contributed by atoms with E-state index in [0.717, 1.165) is 11.3 Å². The van der Waals surface area contributed by atoms with Crippen molar-refractivity contribution in [1.29, 1.82) is 0 Å². The summed E-state index contributed by atoms with van der Waals surface area (Å²) in [6, 6.07) is 3.08. The van der Waals surface area contributed by atoms with Crippen LogP contribution >= 0.6 is 0 Å². The first kappa shape index (κ1) is 6.20. The molecule has 1 nitrogen and oxygen atoms in total. The summed E-state index contributed by atoms with van der Waals surface area (Å²) in [7, 11) is 0. The Labute approximate surface area is 53.5 Å². The molecule has 2 heteroatoms. The third-order valence-corrected chi connectivity index (χ3v) is 1.32. The normalized spacial score (nSPS) is 9.67. The first-order chi connectivity index (χ1) is 4.20. The van der Waals surface area contributed by atoms with Crippen LogP contribution < -0.4 is 0 Å². The van der Waals surface area contributed by atoms with Crippen molar-refractivity contribution in [2.45, 2.75) is 13.8 Å². The van der Waals surface area contributed by atoms with Gasteiger partial charge in [-0.3, -0.25) is 0 Å². The Morgan fingerprint density at radius 1 is 1.33 bits per heavy atom. The average Bonchev–Trinajstić information content (AvgIpc) is 1.80. The van der Waals surface area contributed by atoms with Gasteiger partial charge >= 0.3 is 0 Å². The van der Waals surface area contributed by atoms with Crippen molar-refractivity contribution in [2.24, 2.45) is 0 Å². The van der Waals surface area contributed by atoms with Crippen molar-refractivity contribution in [2.75, 3.05) is 0 Å². The molecule has 0 aliphatic rings. The van der Waals surface area contributed by atoms with E-state index in [1.165, 1.54) is 6.07 Å². The Balaban J connectivity index is 3.17. The molecule has 0 aliphatic carbocycles. The number of pyridine rings is 1. The lowest BCUT2D eigenvalue weighted by Gasteiger charge is -1.95. The summed E-state index contributed by atoms with van der Waals surface area (Å²) in [5.41, 5.74) is 1.78. The molecule has 9 heavy (non-hydrogen) atoms. The fourth-order valence-electron chi connectivity index (χ4n) is 0.600. The Morgan fingerprint density at radius 3 is 2.44 bits per heavy atom. The fraction of sp³-hybridized carbons (Fsp3) is 0.286. The highest BCUT2D eigenvalue weighted by atomic mass is 19.1. The zero-order chi connectivity index (χ0) is 6.85. The zero-order valence-corrected chi connectivity index (χ0v) is 5.48. The largest absolute Gasteiger partial charge is 0.225 e. The molecule has 1 rings (SSSR count). The van der Waals surface area contributed by atoms with Crippen molar-refractivity contribution in [3.63, 3.8) is 0 Å². The summed E-state index contributed by atoms with van der Waals surface area (Å²) < 4.78 is 12.2. The molecule has 0 amide bonds. The SMILES string of the molecule is Cc1ccc(F)nc1C. The van der Waals surface area contributed by atoms with E-state index in [1.807, 2.05) is 6.92 Å². The molecule has 0 spiro atoms. The zero-order valence-electron chi connectivity index (χ0n) is 5.48. The molecular weight excluding hydrogens is 117 g/mol. The van der Waals surface area contributed by atoms with E-state index in [4.69, 9.17) is 0 Å². The van der Waals surface area contributed by atoms with Crippen molar-refractivity contribution in [3.8, 4) is 0 Å². The van der Waals surface area contributed by atoms with Crippen molar-refractivity contribution in [3.05, 3.63) is 29.3 Å². The lowest BCUT2D eigenvalue weighted by Crippen LogP contribution is -1.88. The highest BCUT2D eigenvalue weighted by molar-refractivity contribution is 5.16. The van der Waals surface area contributed by atoms with Crippen LogP contribution in [0.4, 0.5) is 4.39 Å². The van der Waals surface area contributed by atoms with E-state index in [1.54, 1.807) is 13.0 Å². The predicted molar refractivity (Wildman–Crippen MR) is 33.7 cm³/mol. The monoisotopic (exact) mass is 125 g/mol. The molecule has 48 valence electrons. The van der Waals surface area contributed by atoms with E-state index < -0.39 is 5.95 Å². The van der Waals surface area contributed by atoms with Gasteiger partial charge in [-0.05, 0) is 25.5 Å². The van der Waals surface area contributed by atoms with Gasteiger partial charge < -0.3 is 0 Å². The number of hydrogen-bond donors (Lipinski definition) is 0. The molecule has 0 aromatic carbocycles. The molecular formula is C7H8FN. The van der Waals surface area contributed by atoms with Crippen LogP contribution in [0.5, 0.6) is 0 Å². The molecule has 0 radical (unpaired) electrons. The minimum atomic E-state index is -0.405. The molecule has 0 unspecified atom stereocenters. The average molecular weight is 125 g/mol. The number of halogens is 1. The molecule has 0 aliphatic heterocycles. The van der Waals surface area contributed by atoms with Crippen molar-refractivity contribution >= 4 is 0 Å². The lowest BCUT2D eigenvalue weighted by molar-refractivity contribution is 0.579. The standard InChI is InChI=1S/C7H8FN/c1-5-3-4-7(8)9-6(5)2/h3-4H,1-2H3. The van der Waals surface area contributed by atoms with Crippen LogP contribution in [0.15, 0.2) is 12.1 Å². The van der Waals surface area contributed by atoms with Gasteiger partial charge in [0.25, 0.3) is 0 Å². The smallest absolute Gasteiger partial charge is 0.213 e. The van der Waals surface area contributed by atoms with E-state index in [2.05, 4.69) is 4.98 Å². The van der Waals surface area contributed by atoms with Crippen LogP contribution in [0.1, 0.15) is 11.3 Å². The van der Waals surface area contributed by atoms with E-state index in [-0.39, 0.29) is 0 Å². The maximum Gasteiger partial charge on any atom is 0.213 e. The number of nitrogens with zero attached hydrogens (tertiary/aromatic N) is 1. The third-order valence-electron chi connectivity index (χ3n) is 1.32. The van der Waals surface area contributed by atoms with Gasteiger partial charge in [-0.2, -0.15) is 4.39 Å². The molecule has 0 saturated heterocycles. The lowest BCUT2D eigenvalue weighted by atomic mass is 10.2. The van der Waals surface area contributed by atoms with Crippen LogP contribution in [0, 0.1) is 19.8 Å². The molecule has 0 saturated carbocycles. The number of rotatable bonds is 0. The van der Waals surface area contributed by atoms with E-state index >= 15 is 0 Å². The van der Waals surface area contributed by atoms with Crippen LogP contribution in [0.25, 0.3) is 0 Å². The third kappa shape index (κ3) is 1.25. The van der Waals surface area contributed by atoms with Gasteiger partial charge in [0.05, 0.1) is 0 Å².